The van der Waals surface area contributed by atoms with Gasteiger partial charge in [-0.05, 0) is 38.1 Å². The van der Waals surface area contributed by atoms with Crippen LogP contribution in [0.4, 0.5) is 0 Å². The van der Waals surface area contributed by atoms with Crippen molar-refractivity contribution in [2.75, 3.05) is 20.1 Å². The van der Waals surface area contributed by atoms with Crippen molar-refractivity contribution >= 4 is 15.9 Å². The van der Waals surface area contributed by atoms with Gasteiger partial charge in [0.2, 0.25) is 0 Å². The van der Waals surface area contributed by atoms with Crippen LogP contribution in [0.3, 0.4) is 0 Å². The molecule has 128 valence electrons. The number of nitrogens with one attached hydrogen (secondary N) is 1. The van der Waals surface area contributed by atoms with Gasteiger partial charge in [-0.3, -0.25) is 4.79 Å². The average Bonchev–Trinajstić information content (AvgIpc) is 3.25. The van der Waals surface area contributed by atoms with Crippen LogP contribution in [0.25, 0.3) is 0 Å². The Morgan fingerprint density at radius 2 is 1.96 bits per heavy atom. The third-order valence-electron chi connectivity index (χ3n) is 4.41. The average molecular weight is 347 g/mol. The van der Waals surface area contributed by atoms with Gasteiger partial charge in [-0.1, -0.05) is 17.7 Å². The normalized spacial score (nSPS) is 17.8. The lowest BCUT2D eigenvalue weighted by Gasteiger charge is -2.23. The molecular formula is C17H21N3O3S. The number of amides is 1. The number of likely N-dealkylation sites (N-methyl/N-ethyl adjacent to an activating group) is 1. The SMILES string of the molecule is Cc1ccc(S(=O)(=O)n2ccc(C(=O)N(C)C3CCNC3)c2)cc1. The van der Waals surface area contributed by atoms with Gasteiger partial charge in [-0.15, -0.1) is 0 Å². The molecule has 1 saturated heterocycles. The zero-order valence-corrected chi connectivity index (χ0v) is 14.6. The summed E-state index contributed by atoms with van der Waals surface area (Å²) in [5.41, 5.74) is 1.37. The van der Waals surface area contributed by atoms with E-state index in [1.54, 1.807) is 42.3 Å². The fourth-order valence-corrected chi connectivity index (χ4v) is 4.02. The number of nitrogens with zero attached hydrogens (tertiary/aromatic N) is 2. The molecule has 0 saturated carbocycles. The molecule has 2 heterocycles. The molecule has 1 aliphatic heterocycles. The minimum atomic E-state index is -3.68. The summed E-state index contributed by atoms with van der Waals surface area (Å²) in [5.74, 6) is -0.165. The number of hydrogen-bond donors (Lipinski definition) is 1. The fourth-order valence-electron chi connectivity index (χ4n) is 2.82. The van der Waals surface area contributed by atoms with Crippen LogP contribution in [0.5, 0.6) is 0 Å². The monoisotopic (exact) mass is 347 g/mol. The van der Waals surface area contributed by atoms with E-state index in [0.717, 1.165) is 29.0 Å². The van der Waals surface area contributed by atoms with E-state index in [-0.39, 0.29) is 16.8 Å². The summed E-state index contributed by atoms with van der Waals surface area (Å²) in [6, 6.07) is 8.35. The maximum absolute atomic E-state index is 12.6. The zero-order chi connectivity index (χ0) is 17.3. The van der Waals surface area contributed by atoms with Crippen molar-refractivity contribution < 1.29 is 13.2 Å². The Hall–Kier alpha value is -2.12. The minimum absolute atomic E-state index is 0.148. The summed E-state index contributed by atoms with van der Waals surface area (Å²) < 4.78 is 26.4. The summed E-state index contributed by atoms with van der Waals surface area (Å²) in [5, 5.41) is 3.22. The van der Waals surface area contributed by atoms with Crippen LogP contribution in [0.1, 0.15) is 22.3 Å². The van der Waals surface area contributed by atoms with Crippen molar-refractivity contribution in [2.45, 2.75) is 24.3 Å². The van der Waals surface area contributed by atoms with E-state index in [1.807, 2.05) is 6.92 Å². The smallest absolute Gasteiger partial charge is 0.267 e. The van der Waals surface area contributed by atoms with Crippen LogP contribution in [-0.2, 0) is 10.0 Å². The van der Waals surface area contributed by atoms with E-state index in [0.29, 0.717) is 5.56 Å². The van der Waals surface area contributed by atoms with Crippen molar-refractivity contribution in [1.29, 1.82) is 0 Å². The highest BCUT2D eigenvalue weighted by Gasteiger charge is 2.25. The molecule has 3 rings (SSSR count). The Bertz CT molecular complexity index is 834. The Morgan fingerprint density at radius 3 is 2.58 bits per heavy atom. The molecule has 1 unspecified atom stereocenters. The number of rotatable bonds is 4. The molecule has 1 fully saturated rings. The van der Waals surface area contributed by atoms with Gasteiger partial charge in [-0.25, -0.2) is 12.4 Å². The van der Waals surface area contributed by atoms with Gasteiger partial charge in [0.1, 0.15) is 0 Å². The van der Waals surface area contributed by atoms with Crippen molar-refractivity contribution in [2.24, 2.45) is 0 Å². The summed E-state index contributed by atoms with van der Waals surface area (Å²) in [6.45, 7) is 3.56. The first kappa shape index (κ1) is 16.7. The predicted molar refractivity (Wildman–Crippen MR) is 91.6 cm³/mol. The van der Waals surface area contributed by atoms with Crippen LogP contribution in [0, 0.1) is 6.92 Å². The van der Waals surface area contributed by atoms with Crippen molar-refractivity contribution in [3.63, 3.8) is 0 Å². The topological polar surface area (TPSA) is 71.4 Å². The molecule has 2 aromatic rings. The van der Waals surface area contributed by atoms with Crippen LogP contribution in [0.2, 0.25) is 0 Å². The van der Waals surface area contributed by atoms with E-state index < -0.39 is 10.0 Å². The van der Waals surface area contributed by atoms with Crippen LogP contribution >= 0.6 is 0 Å². The Kier molecular flexibility index (Phi) is 4.47. The largest absolute Gasteiger partial charge is 0.337 e. The predicted octanol–water partition coefficient (Wildman–Crippen LogP) is 1.47. The second kappa shape index (κ2) is 6.41. The van der Waals surface area contributed by atoms with Crippen LogP contribution in [0.15, 0.2) is 47.6 Å². The van der Waals surface area contributed by atoms with Crippen molar-refractivity contribution in [3.05, 3.63) is 53.9 Å². The van der Waals surface area contributed by atoms with E-state index >= 15 is 0 Å². The molecule has 1 N–H and O–H groups in total. The van der Waals surface area contributed by atoms with Gasteiger partial charge < -0.3 is 10.2 Å². The summed E-state index contributed by atoms with van der Waals surface area (Å²) in [7, 11) is -1.92. The van der Waals surface area contributed by atoms with E-state index in [9.17, 15) is 13.2 Å². The molecule has 7 heteroatoms. The summed E-state index contributed by atoms with van der Waals surface area (Å²) >= 11 is 0. The quantitative estimate of drug-likeness (QED) is 0.909. The molecule has 1 aromatic heterocycles. The van der Waals surface area contributed by atoms with Gasteiger partial charge in [0.05, 0.1) is 10.5 Å². The molecule has 0 radical (unpaired) electrons. The summed E-state index contributed by atoms with van der Waals surface area (Å²) in [4.78, 5) is 14.4. The molecule has 1 aromatic carbocycles. The van der Waals surface area contributed by atoms with Crippen molar-refractivity contribution in [1.82, 2.24) is 14.2 Å². The van der Waals surface area contributed by atoms with E-state index in [4.69, 9.17) is 0 Å². The number of hydrogen-bond acceptors (Lipinski definition) is 4. The highest BCUT2D eigenvalue weighted by Crippen LogP contribution is 2.18. The molecule has 1 atom stereocenters. The third kappa shape index (κ3) is 3.09. The Balaban J connectivity index is 1.84. The number of carbonyl (C=O) groups is 1. The Labute approximate surface area is 142 Å². The van der Waals surface area contributed by atoms with E-state index in [1.165, 1.54) is 12.4 Å². The first-order valence-corrected chi connectivity index (χ1v) is 9.32. The van der Waals surface area contributed by atoms with Gasteiger partial charge in [0.15, 0.2) is 0 Å². The molecule has 24 heavy (non-hydrogen) atoms. The molecule has 0 bridgehead atoms. The summed E-state index contributed by atoms with van der Waals surface area (Å²) in [6.07, 6.45) is 3.71. The second-order valence-corrected chi connectivity index (χ2v) is 7.95. The number of benzene rings is 1. The zero-order valence-electron chi connectivity index (χ0n) is 13.8. The van der Waals surface area contributed by atoms with E-state index in [2.05, 4.69) is 5.32 Å². The Morgan fingerprint density at radius 1 is 1.25 bits per heavy atom. The van der Waals surface area contributed by atoms with Gasteiger partial charge in [0, 0.05) is 32.0 Å². The van der Waals surface area contributed by atoms with Crippen molar-refractivity contribution in [3.8, 4) is 0 Å². The second-order valence-electron chi connectivity index (χ2n) is 6.11. The molecule has 0 spiro atoms. The molecule has 0 aliphatic carbocycles. The first-order valence-electron chi connectivity index (χ1n) is 7.88. The molecule has 1 aliphatic rings. The van der Waals surface area contributed by atoms with Crippen LogP contribution < -0.4 is 5.32 Å². The number of aromatic nitrogens is 1. The lowest BCUT2D eigenvalue weighted by atomic mass is 10.2. The maximum Gasteiger partial charge on any atom is 0.267 e. The first-order chi connectivity index (χ1) is 11.4. The number of aryl methyl sites for hydroxylation is 1. The molecule has 1 amide bonds. The fraction of sp³-hybridized carbons (Fsp3) is 0.353. The maximum atomic E-state index is 12.6. The lowest BCUT2D eigenvalue weighted by Crippen LogP contribution is -2.38. The van der Waals surface area contributed by atoms with Gasteiger partial charge in [-0.2, -0.15) is 0 Å². The standard InChI is InChI=1S/C17H21N3O3S/c1-13-3-5-16(6-4-13)24(22,23)20-10-8-14(12-20)17(21)19(2)15-7-9-18-11-15/h3-6,8,10,12,15,18H,7,9,11H2,1-2H3. The molecular weight excluding hydrogens is 326 g/mol. The third-order valence-corrected chi connectivity index (χ3v) is 6.06. The van der Waals surface area contributed by atoms with Gasteiger partial charge in [0.25, 0.3) is 15.9 Å². The van der Waals surface area contributed by atoms with Gasteiger partial charge >= 0.3 is 0 Å². The highest BCUT2D eigenvalue weighted by molar-refractivity contribution is 7.90. The molecule has 6 nitrogen and oxygen atoms in total. The van der Waals surface area contributed by atoms with Crippen LogP contribution in [-0.4, -0.2) is 49.4 Å². The minimum Gasteiger partial charge on any atom is -0.337 e. The highest BCUT2D eigenvalue weighted by atomic mass is 32.2. The number of carbonyl (C=O) groups excluding carboxylic acids is 1. The lowest BCUT2D eigenvalue weighted by molar-refractivity contribution is 0.0744.